The molecular formula is C21H34N4O4. The van der Waals surface area contributed by atoms with E-state index in [4.69, 9.17) is 9.15 Å². The van der Waals surface area contributed by atoms with Gasteiger partial charge in [0.05, 0.1) is 18.8 Å². The van der Waals surface area contributed by atoms with Gasteiger partial charge in [-0.05, 0) is 38.1 Å². The van der Waals surface area contributed by atoms with E-state index in [1.807, 2.05) is 17.0 Å². The van der Waals surface area contributed by atoms with Crippen molar-refractivity contribution < 1.29 is 18.7 Å². The Kier molecular flexibility index (Phi) is 8.09. The van der Waals surface area contributed by atoms with E-state index in [1.54, 1.807) is 6.26 Å². The minimum atomic E-state index is -0.261. The van der Waals surface area contributed by atoms with Gasteiger partial charge in [0.1, 0.15) is 11.9 Å². The molecule has 2 atom stereocenters. The Balaban J connectivity index is 1.43. The highest BCUT2D eigenvalue weighted by Crippen LogP contribution is 2.20. The first-order valence-corrected chi connectivity index (χ1v) is 10.8. The highest BCUT2D eigenvalue weighted by Gasteiger charge is 2.30. The summed E-state index contributed by atoms with van der Waals surface area (Å²) in [6.07, 6.45) is 3.20. The molecule has 0 bridgehead atoms. The SMILES string of the molecule is CCN(CC)C(CNC(=O)CN1CCN(C(=O)C2CCCO2)CC1)c1ccco1. The zero-order chi connectivity index (χ0) is 20.6. The van der Waals surface area contributed by atoms with Gasteiger partial charge in [-0.15, -0.1) is 0 Å². The number of hydrogen-bond acceptors (Lipinski definition) is 6. The number of piperazine rings is 1. The fraction of sp³-hybridized carbons (Fsp3) is 0.714. The predicted octanol–water partition coefficient (Wildman–Crippen LogP) is 1.10. The van der Waals surface area contributed by atoms with E-state index in [9.17, 15) is 9.59 Å². The van der Waals surface area contributed by atoms with Crippen LogP contribution in [0.3, 0.4) is 0 Å². The number of rotatable bonds is 9. The molecule has 8 nitrogen and oxygen atoms in total. The summed E-state index contributed by atoms with van der Waals surface area (Å²) in [6.45, 7) is 10.3. The average Bonchev–Trinajstić information content (AvgIpc) is 3.45. The largest absolute Gasteiger partial charge is 0.468 e. The van der Waals surface area contributed by atoms with Crippen molar-refractivity contribution in [1.82, 2.24) is 20.0 Å². The summed E-state index contributed by atoms with van der Waals surface area (Å²) >= 11 is 0. The van der Waals surface area contributed by atoms with Crippen LogP contribution in [0.2, 0.25) is 0 Å². The zero-order valence-corrected chi connectivity index (χ0v) is 17.6. The van der Waals surface area contributed by atoms with Crippen LogP contribution in [0.25, 0.3) is 0 Å². The lowest BCUT2D eigenvalue weighted by molar-refractivity contribution is -0.142. The van der Waals surface area contributed by atoms with E-state index in [2.05, 4.69) is 29.0 Å². The topological polar surface area (TPSA) is 78.3 Å². The Hall–Kier alpha value is -1.90. The zero-order valence-electron chi connectivity index (χ0n) is 17.6. The number of likely N-dealkylation sites (N-methyl/N-ethyl adjacent to an activating group) is 1. The second-order valence-corrected chi connectivity index (χ2v) is 7.66. The van der Waals surface area contributed by atoms with Gasteiger partial charge in [-0.1, -0.05) is 13.8 Å². The normalized spacial score (nSPS) is 21.5. The molecule has 2 unspecified atom stereocenters. The predicted molar refractivity (Wildman–Crippen MR) is 109 cm³/mol. The molecule has 2 amide bonds. The van der Waals surface area contributed by atoms with Crippen molar-refractivity contribution in [3.8, 4) is 0 Å². The molecule has 2 saturated heterocycles. The van der Waals surface area contributed by atoms with E-state index in [0.717, 1.165) is 31.7 Å². The second-order valence-electron chi connectivity index (χ2n) is 7.66. The van der Waals surface area contributed by atoms with Crippen LogP contribution < -0.4 is 5.32 Å². The number of nitrogens with one attached hydrogen (secondary N) is 1. The van der Waals surface area contributed by atoms with Gasteiger partial charge in [0, 0.05) is 39.3 Å². The standard InChI is InChI=1S/C21H34N4O4/c1-3-24(4-2)17(18-7-5-13-28-18)15-22-20(26)16-23-9-11-25(12-10-23)21(27)19-8-6-14-29-19/h5,7,13,17,19H,3-4,6,8-12,14-16H2,1-2H3,(H,22,26). The lowest BCUT2D eigenvalue weighted by atomic mass is 10.2. The van der Waals surface area contributed by atoms with Crippen LogP contribution >= 0.6 is 0 Å². The molecule has 162 valence electrons. The highest BCUT2D eigenvalue weighted by molar-refractivity contribution is 5.81. The second kappa shape index (κ2) is 10.8. The van der Waals surface area contributed by atoms with Crippen molar-refractivity contribution in [1.29, 1.82) is 0 Å². The fourth-order valence-corrected chi connectivity index (χ4v) is 4.13. The van der Waals surface area contributed by atoms with E-state index in [0.29, 0.717) is 45.9 Å². The lowest BCUT2D eigenvalue weighted by Gasteiger charge is -2.35. The number of amides is 2. The maximum atomic E-state index is 12.5. The molecule has 29 heavy (non-hydrogen) atoms. The van der Waals surface area contributed by atoms with Crippen molar-refractivity contribution in [2.45, 2.75) is 38.8 Å². The van der Waals surface area contributed by atoms with Crippen molar-refractivity contribution in [3.05, 3.63) is 24.2 Å². The molecule has 2 aliphatic rings. The third-order valence-corrected chi connectivity index (χ3v) is 5.87. The van der Waals surface area contributed by atoms with Gasteiger partial charge in [-0.2, -0.15) is 0 Å². The van der Waals surface area contributed by atoms with Gasteiger partial charge in [0.2, 0.25) is 5.91 Å². The van der Waals surface area contributed by atoms with Crippen molar-refractivity contribution in [2.24, 2.45) is 0 Å². The van der Waals surface area contributed by atoms with Crippen LogP contribution in [0.4, 0.5) is 0 Å². The summed E-state index contributed by atoms with van der Waals surface area (Å²) in [4.78, 5) is 31.2. The van der Waals surface area contributed by atoms with Crippen LogP contribution in [-0.4, -0.2) is 91.6 Å². The molecule has 0 aliphatic carbocycles. The van der Waals surface area contributed by atoms with Crippen molar-refractivity contribution >= 4 is 11.8 Å². The highest BCUT2D eigenvalue weighted by atomic mass is 16.5. The van der Waals surface area contributed by atoms with Gasteiger partial charge >= 0.3 is 0 Å². The number of ether oxygens (including phenoxy) is 1. The molecule has 1 aromatic rings. The van der Waals surface area contributed by atoms with Gasteiger partial charge in [-0.3, -0.25) is 19.4 Å². The molecule has 8 heteroatoms. The number of hydrogen-bond donors (Lipinski definition) is 1. The molecular weight excluding hydrogens is 372 g/mol. The molecule has 2 aliphatic heterocycles. The molecule has 3 heterocycles. The van der Waals surface area contributed by atoms with Gasteiger partial charge in [-0.25, -0.2) is 0 Å². The molecule has 0 aromatic carbocycles. The Morgan fingerprint density at radius 1 is 1.24 bits per heavy atom. The number of nitrogens with zero attached hydrogens (tertiary/aromatic N) is 3. The smallest absolute Gasteiger partial charge is 0.251 e. The first-order chi connectivity index (χ1) is 14.1. The summed E-state index contributed by atoms with van der Waals surface area (Å²) in [5.74, 6) is 0.981. The van der Waals surface area contributed by atoms with Crippen LogP contribution in [-0.2, 0) is 14.3 Å². The minimum Gasteiger partial charge on any atom is -0.468 e. The molecule has 1 N–H and O–H groups in total. The monoisotopic (exact) mass is 406 g/mol. The van der Waals surface area contributed by atoms with Gasteiger partial charge < -0.3 is 19.4 Å². The Morgan fingerprint density at radius 3 is 2.59 bits per heavy atom. The van der Waals surface area contributed by atoms with Gasteiger partial charge in [0.25, 0.3) is 5.91 Å². The van der Waals surface area contributed by atoms with Crippen molar-refractivity contribution in [3.63, 3.8) is 0 Å². The molecule has 2 fully saturated rings. The summed E-state index contributed by atoms with van der Waals surface area (Å²) in [7, 11) is 0. The average molecular weight is 407 g/mol. The van der Waals surface area contributed by atoms with Crippen LogP contribution in [0, 0.1) is 0 Å². The summed E-state index contributed by atoms with van der Waals surface area (Å²) < 4.78 is 11.1. The van der Waals surface area contributed by atoms with Crippen LogP contribution in [0.15, 0.2) is 22.8 Å². The third-order valence-electron chi connectivity index (χ3n) is 5.87. The summed E-state index contributed by atoms with van der Waals surface area (Å²) in [6, 6.07) is 3.87. The summed E-state index contributed by atoms with van der Waals surface area (Å²) in [5.41, 5.74) is 0. The van der Waals surface area contributed by atoms with Crippen LogP contribution in [0.5, 0.6) is 0 Å². The lowest BCUT2D eigenvalue weighted by Crippen LogP contribution is -2.53. The molecule has 0 saturated carbocycles. The van der Waals surface area contributed by atoms with E-state index in [-0.39, 0.29) is 24.0 Å². The third kappa shape index (κ3) is 5.81. The first-order valence-electron chi connectivity index (χ1n) is 10.8. The van der Waals surface area contributed by atoms with Crippen LogP contribution in [0.1, 0.15) is 38.5 Å². The van der Waals surface area contributed by atoms with E-state index >= 15 is 0 Å². The number of furan rings is 1. The van der Waals surface area contributed by atoms with Gasteiger partial charge in [0.15, 0.2) is 0 Å². The Morgan fingerprint density at radius 2 is 2.00 bits per heavy atom. The Labute approximate surface area is 173 Å². The molecule has 3 rings (SSSR count). The maximum absolute atomic E-state index is 12.5. The molecule has 0 radical (unpaired) electrons. The van der Waals surface area contributed by atoms with E-state index < -0.39 is 0 Å². The summed E-state index contributed by atoms with van der Waals surface area (Å²) in [5, 5.41) is 3.06. The first kappa shape index (κ1) is 21.8. The fourth-order valence-electron chi connectivity index (χ4n) is 4.13. The van der Waals surface area contributed by atoms with E-state index in [1.165, 1.54) is 0 Å². The minimum absolute atomic E-state index is 0.00705. The number of carbonyl (C=O) groups is 2. The maximum Gasteiger partial charge on any atom is 0.251 e. The quantitative estimate of drug-likeness (QED) is 0.662. The molecule has 0 spiro atoms. The number of carbonyl (C=O) groups excluding carboxylic acids is 2. The molecule has 1 aromatic heterocycles. The van der Waals surface area contributed by atoms with Crippen molar-refractivity contribution in [2.75, 3.05) is 59.0 Å². The Bertz CT molecular complexity index is 633.